The first-order valence-corrected chi connectivity index (χ1v) is 3.32. The summed E-state index contributed by atoms with van der Waals surface area (Å²) in [5, 5.41) is 21.4. The monoisotopic (exact) mass is 167 g/mol. The van der Waals surface area contributed by atoms with Gasteiger partial charge >= 0.3 is 29.6 Å². The third kappa shape index (κ3) is 4.08. The van der Waals surface area contributed by atoms with Gasteiger partial charge in [-0.25, -0.2) is 0 Å². The predicted octanol–water partition coefficient (Wildman–Crippen LogP) is -5.15. The first-order valence-electron chi connectivity index (χ1n) is 3.32. The largest absolute Gasteiger partial charge is 1.00 e. The summed E-state index contributed by atoms with van der Waals surface area (Å²) >= 11 is 0. The Morgan fingerprint density at radius 2 is 2.27 bits per heavy atom. The summed E-state index contributed by atoms with van der Waals surface area (Å²) in [4.78, 5) is 10.2. The molecule has 1 saturated carbocycles. The molecule has 1 aliphatic rings. The van der Waals surface area contributed by atoms with Crippen LogP contribution in [0.4, 0.5) is 0 Å². The van der Waals surface area contributed by atoms with Gasteiger partial charge in [-0.3, -0.25) is 0 Å². The summed E-state index contributed by atoms with van der Waals surface area (Å²) in [5.41, 5.74) is 0. The molecule has 1 fully saturated rings. The molecule has 0 radical (unpaired) electrons. The molecule has 1 rings (SSSR count). The molecule has 1 atom stereocenters. The van der Waals surface area contributed by atoms with E-state index in [1.54, 1.807) is 0 Å². The van der Waals surface area contributed by atoms with E-state index in [-0.39, 0.29) is 35.6 Å². The molecule has 5 heteroatoms. The summed E-state index contributed by atoms with van der Waals surface area (Å²) in [6, 6.07) is -0.595. The second-order valence-electron chi connectivity index (χ2n) is 2.50. The van der Waals surface area contributed by atoms with E-state index >= 15 is 0 Å². The van der Waals surface area contributed by atoms with E-state index < -0.39 is 18.6 Å². The molecule has 0 heterocycles. The summed E-state index contributed by atoms with van der Waals surface area (Å²) < 4.78 is 0. The van der Waals surface area contributed by atoms with Crippen LogP contribution in [0.3, 0.4) is 0 Å². The van der Waals surface area contributed by atoms with E-state index in [1.165, 1.54) is 0 Å². The third-order valence-corrected chi connectivity index (χ3v) is 1.48. The van der Waals surface area contributed by atoms with Crippen LogP contribution in [0.5, 0.6) is 0 Å². The van der Waals surface area contributed by atoms with Crippen LogP contribution >= 0.6 is 0 Å². The summed E-state index contributed by atoms with van der Waals surface area (Å²) in [6.45, 7) is -0.390. The van der Waals surface area contributed by atoms with E-state index in [9.17, 15) is 9.90 Å². The van der Waals surface area contributed by atoms with Crippen LogP contribution < -0.4 is 40.0 Å². The van der Waals surface area contributed by atoms with Crippen LogP contribution in [0.1, 0.15) is 12.8 Å². The van der Waals surface area contributed by atoms with Gasteiger partial charge in [0.05, 0.1) is 18.6 Å². The third-order valence-electron chi connectivity index (χ3n) is 1.48. The molecule has 0 saturated heterocycles. The summed E-state index contributed by atoms with van der Waals surface area (Å²) in [5.74, 6) is -1.23. The van der Waals surface area contributed by atoms with Gasteiger partial charge in [-0.15, -0.1) is 0 Å². The molecule has 11 heavy (non-hydrogen) atoms. The normalized spacial score (nSPS) is 18.6. The Kier molecular flexibility index (Phi) is 5.29. The maximum atomic E-state index is 10.2. The van der Waals surface area contributed by atoms with E-state index in [4.69, 9.17) is 5.11 Å². The van der Waals surface area contributed by atoms with Crippen LogP contribution in [0.2, 0.25) is 0 Å². The number of carboxylic acid groups (broad SMARTS) is 1. The van der Waals surface area contributed by atoms with Crippen molar-refractivity contribution < 1.29 is 44.6 Å². The number of carbonyl (C=O) groups is 1. The number of carbonyl (C=O) groups excluding carboxylic acids is 1. The van der Waals surface area contributed by atoms with Gasteiger partial charge in [0.1, 0.15) is 0 Å². The van der Waals surface area contributed by atoms with Crippen molar-refractivity contribution in [2.24, 2.45) is 0 Å². The van der Waals surface area contributed by atoms with E-state index in [0.717, 1.165) is 12.8 Å². The van der Waals surface area contributed by atoms with E-state index in [2.05, 4.69) is 5.32 Å². The Labute approximate surface area is 87.3 Å². The summed E-state index contributed by atoms with van der Waals surface area (Å²) in [6.07, 6.45) is 2.01. The van der Waals surface area contributed by atoms with Crippen LogP contribution in [0, 0.1) is 0 Å². The van der Waals surface area contributed by atoms with Crippen molar-refractivity contribution in [1.29, 1.82) is 0 Å². The van der Waals surface area contributed by atoms with Crippen LogP contribution in [0.25, 0.3) is 0 Å². The zero-order valence-corrected chi connectivity index (χ0v) is 8.54. The quantitative estimate of drug-likeness (QED) is 0.411. The number of nitrogens with one attached hydrogen (secondary N) is 1. The molecule has 0 aromatic carbocycles. The zero-order chi connectivity index (χ0) is 7.56. The van der Waals surface area contributed by atoms with Gasteiger partial charge in [0, 0.05) is 6.04 Å². The van der Waals surface area contributed by atoms with Gasteiger partial charge in [0.15, 0.2) is 0 Å². The number of carboxylic acids is 1. The average Bonchev–Trinajstić information content (AvgIpc) is 2.64. The molecule has 0 spiro atoms. The Balaban J connectivity index is 0.000001000. The van der Waals surface area contributed by atoms with Gasteiger partial charge in [-0.1, -0.05) is 0 Å². The number of aliphatic hydroxyl groups is 1. The average molecular weight is 167 g/mol. The molecular weight excluding hydrogens is 157 g/mol. The smallest absolute Gasteiger partial charge is 0.548 e. The fourth-order valence-electron chi connectivity index (χ4n) is 0.730. The minimum Gasteiger partial charge on any atom is -0.548 e. The molecule has 1 aliphatic carbocycles. The van der Waals surface area contributed by atoms with Crippen LogP contribution in [-0.4, -0.2) is 29.8 Å². The van der Waals surface area contributed by atoms with E-state index in [0.29, 0.717) is 0 Å². The maximum Gasteiger partial charge on any atom is 1.00 e. The molecule has 58 valence electrons. The zero-order valence-electron chi connectivity index (χ0n) is 6.54. The van der Waals surface area contributed by atoms with Crippen LogP contribution in [0.15, 0.2) is 0 Å². The van der Waals surface area contributed by atoms with E-state index in [1.807, 2.05) is 0 Å². The van der Waals surface area contributed by atoms with Crippen molar-refractivity contribution in [3.8, 4) is 0 Å². The fourth-order valence-corrected chi connectivity index (χ4v) is 0.730. The van der Waals surface area contributed by atoms with Crippen LogP contribution in [-0.2, 0) is 4.79 Å². The van der Waals surface area contributed by atoms with Gasteiger partial charge in [0.25, 0.3) is 0 Å². The van der Waals surface area contributed by atoms with Crippen molar-refractivity contribution in [1.82, 2.24) is 5.32 Å². The Morgan fingerprint density at radius 1 is 1.73 bits per heavy atom. The first-order chi connectivity index (χ1) is 4.74. The molecule has 0 aromatic heterocycles. The molecule has 2 N–H and O–H groups in total. The molecule has 0 aliphatic heterocycles. The number of aliphatic hydroxyl groups excluding tert-OH is 1. The number of hydrogen-bond donors (Lipinski definition) is 2. The molecular formula is C6H10NNaO3. The minimum absolute atomic E-state index is 0. The second-order valence-corrected chi connectivity index (χ2v) is 2.50. The Bertz CT molecular complexity index is 138. The Morgan fingerprint density at radius 3 is 2.55 bits per heavy atom. The molecule has 1 unspecified atom stereocenters. The van der Waals surface area contributed by atoms with Gasteiger partial charge in [0.2, 0.25) is 0 Å². The van der Waals surface area contributed by atoms with Gasteiger partial charge in [-0.2, -0.15) is 0 Å². The molecule has 0 aromatic rings. The molecule has 0 amide bonds. The van der Waals surface area contributed by atoms with Crippen molar-refractivity contribution in [2.75, 3.05) is 6.61 Å². The summed E-state index contributed by atoms with van der Waals surface area (Å²) in [7, 11) is 0. The topological polar surface area (TPSA) is 72.4 Å². The van der Waals surface area contributed by atoms with Gasteiger partial charge < -0.3 is 20.3 Å². The second kappa shape index (κ2) is 5.11. The predicted molar refractivity (Wildman–Crippen MR) is 32.0 cm³/mol. The van der Waals surface area contributed by atoms with Crippen molar-refractivity contribution in [2.45, 2.75) is 24.9 Å². The fraction of sp³-hybridized carbons (Fsp3) is 0.833. The van der Waals surface area contributed by atoms with Crippen molar-refractivity contribution in [3.05, 3.63) is 0 Å². The SMILES string of the molecule is O=C([O-])C(CO)NC1CC1.[Na+]. The minimum atomic E-state index is -1.23. The first kappa shape index (κ1) is 11.4. The number of hydrogen-bond acceptors (Lipinski definition) is 4. The Hall–Kier alpha value is 0.390. The van der Waals surface area contributed by atoms with Gasteiger partial charge in [-0.05, 0) is 12.8 Å². The van der Waals surface area contributed by atoms with Crippen molar-refractivity contribution in [3.63, 3.8) is 0 Å². The number of aliphatic carboxylic acids is 1. The molecule has 0 bridgehead atoms. The number of rotatable bonds is 4. The molecule has 4 nitrogen and oxygen atoms in total. The van der Waals surface area contributed by atoms with Crippen molar-refractivity contribution >= 4 is 5.97 Å². The standard InChI is InChI=1S/C6H11NO3.Na/c8-3-5(6(9)10)7-4-1-2-4;/h4-5,7-8H,1-3H2,(H,9,10);/q;+1/p-1. The maximum absolute atomic E-state index is 10.2.